The van der Waals surface area contributed by atoms with Crippen LogP contribution in [-0.2, 0) is 6.18 Å². The number of ether oxygens (including phenoxy) is 1. The molecule has 8 heteroatoms. The van der Waals surface area contributed by atoms with Crippen LogP contribution in [0.1, 0.15) is 15.9 Å². The van der Waals surface area contributed by atoms with Crippen LogP contribution in [0.4, 0.5) is 13.2 Å². The van der Waals surface area contributed by atoms with E-state index >= 15 is 0 Å². The zero-order valence-corrected chi connectivity index (χ0v) is 14.0. The van der Waals surface area contributed by atoms with Gasteiger partial charge in [-0.2, -0.15) is 13.2 Å². The van der Waals surface area contributed by atoms with Crippen molar-refractivity contribution >= 4 is 17.6 Å². The fourth-order valence-electron chi connectivity index (χ4n) is 1.60. The molecule has 0 fully saturated rings. The minimum atomic E-state index is -4.52. The van der Waals surface area contributed by atoms with Crippen molar-refractivity contribution in [3.05, 3.63) is 58.6 Å². The Balaban J connectivity index is 0.00000242. The Hall–Kier alpha value is -1.21. The average Bonchev–Trinajstić information content (AvgIpc) is 2.40. The molecule has 0 saturated carbocycles. The maximum atomic E-state index is 12.5. The Bertz CT molecular complexity index is 689. The van der Waals surface area contributed by atoms with Crippen LogP contribution in [0.3, 0.4) is 0 Å². The summed E-state index contributed by atoms with van der Waals surface area (Å²) in [4.78, 5) is 10.9. The van der Waals surface area contributed by atoms with E-state index in [0.717, 1.165) is 12.1 Å². The topological polar surface area (TPSA) is 49.4 Å². The molecule has 0 spiro atoms. The predicted octanol–water partition coefficient (Wildman–Crippen LogP) is 0.519. The van der Waals surface area contributed by atoms with E-state index in [1.54, 1.807) is 0 Å². The van der Waals surface area contributed by atoms with Crippen molar-refractivity contribution in [3.63, 3.8) is 0 Å². The van der Waals surface area contributed by atoms with Crippen molar-refractivity contribution < 1.29 is 57.4 Å². The van der Waals surface area contributed by atoms with Gasteiger partial charge in [-0.15, -0.1) is 0 Å². The molecule has 0 aromatic heterocycles. The molecule has 0 amide bonds. The molecule has 0 atom stereocenters. The van der Waals surface area contributed by atoms with Crippen molar-refractivity contribution in [3.8, 4) is 11.5 Å². The molecule has 110 valence electrons. The summed E-state index contributed by atoms with van der Waals surface area (Å²) in [5.41, 5.74) is -1.15. The van der Waals surface area contributed by atoms with Gasteiger partial charge in [-0.05, 0) is 30.3 Å². The van der Waals surface area contributed by atoms with Gasteiger partial charge < -0.3 is 14.6 Å². The molecular weight excluding hydrogens is 332 g/mol. The van der Waals surface area contributed by atoms with Gasteiger partial charge in [0, 0.05) is 5.56 Å². The van der Waals surface area contributed by atoms with Gasteiger partial charge in [0.1, 0.15) is 11.5 Å². The number of carboxylic acid groups (broad SMARTS) is 1. The van der Waals surface area contributed by atoms with Crippen LogP contribution >= 0.6 is 11.6 Å². The van der Waals surface area contributed by atoms with Gasteiger partial charge >= 0.3 is 35.7 Å². The standard InChI is InChI=1S/C14H8ClF3O3.Na/c15-10-7-8(14(16,17)18)5-6-12(10)21-11-4-2-1-3-9(11)13(19)20;/h1-7H,(H,19,20);/q;+1/p-1. The summed E-state index contributed by atoms with van der Waals surface area (Å²) in [6.45, 7) is 0. The van der Waals surface area contributed by atoms with E-state index in [-0.39, 0.29) is 51.6 Å². The maximum absolute atomic E-state index is 12.5. The third kappa shape index (κ3) is 4.39. The first-order chi connectivity index (χ1) is 9.79. The number of aromatic carboxylic acids is 1. The smallest absolute Gasteiger partial charge is 0.545 e. The summed E-state index contributed by atoms with van der Waals surface area (Å²) in [6, 6.07) is 8.10. The monoisotopic (exact) mass is 338 g/mol. The van der Waals surface area contributed by atoms with Crippen LogP contribution in [0.15, 0.2) is 42.5 Å². The van der Waals surface area contributed by atoms with Gasteiger partial charge in [-0.25, -0.2) is 0 Å². The van der Waals surface area contributed by atoms with Crippen molar-refractivity contribution in [2.45, 2.75) is 6.18 Å². The number of alkyl halides is 3. The maximum Gasteiger partial charge on any atom is 1.00 e. The summed E-state index contributed by atoms with van der Waals surface area (Å²) in [7, 11) is 0. The Kier molecular flexibility index (Phi) is 6.31. The van der Waals surface area contributed by atoms with Gasteiger partial charge in [-0.1, -0.05) is 23.7 Å². The molecule has 22 heavy (non-hydrogen) atoms. The summed E-state index contributed by atoms with van der Waals surface area (Å²) in [6.07, 6.45) is -4.52. The molecule has 0 bridgehead atoms. The Labute approximate surface area is 151 Å². The Morgan fingerprint density at radius 1 is 1.09 bits per heavy atom. The molecular formula is C14H7ClF3NaO3. The van der Waals surface area contributed by atoms with Crippen LogP contribution in [0.2, 0.25) is 5.02 Å². The molecule has 0 N–H and O–H groups in total. The third-order valence-corrected chi connectivity index (χ3v) is 2.88. The third-order valence-electron chi connectivity index (χ3n) is 2.59. The first-order valence-electron chi connectivity index (χ1n) is 5.64. The Morgan fingerprint density at radius 2 is 1.73 bits per heavy atom. The molecule has 2 aromatic rings. The molecule has 0 saturated heterocycles. The number of para-hydroxylation sites is 1. The largest absolute Gasteiger partial charge is 1.00 e. The van der Waals surface area contributed by atoms with Gasteiger partial charge in [0.05, 0.1) is 16.6 Å². The first kappa shape index (κ1) is 18.8. The van der Waals surface area contributed by atoms with Crippen LogP contribution in [-0.4, -0.2) is 5.97 Å². The predicted molar refractivity (Wildman–Crippen MR) is 67.3 cm³/mol. The fourth-order valence-corrected chi connectivity index (χ4v) is 1.82. The number of halogens is 4. The number of hydrogen-bond acceptors (Lipinski definition) is 3. The Morgan fingerprint density at radius 3 is 2.27 bits per heavy atom. The molecule has 3 nitrogen and oxygen atoms in total. The summed E-state index contributed by atoms with van der Waals surface area (Å²) in [5.74, 6) is -1.62. The van der Waals surface area contributed by atoms with E-state index in [1.807, 2.05) is 0 Å². The molecule has 0 heterocycles. The number of carbonyl (C=O) groups is 1. The molecule has 0 unspecified atom stereocenters. The molecule has 2 aromatic carbocycles. The zero-order valence-electron chi connectivity index (χ0n) is 11.3. The first-order valence-corrected chi connectivity index (χ1v) is 6.02. The van der Waals surface area contributed by atoms with Crippen LogP contribution < -0.4 is 39.4 Å². The molecule has 0 aliphatic heterocycles. The van der Waals surface area contributed by atoms with Crippen LogP contribution in [0.25, 0.3) is 0 Å². The van der Waals surface area contributed by atoms with Gasteiger partial charge in [-0.3, -0.25) is 0 Å². The molecule has 0 aliphatic rings. The number of hydrogen-bond donors (Lipinski definition) is 0. The van der Waals surface area contributed by atoms with Crippen molar-refractivity contribution in [1.29, 1.82) is 0 Å². The molecule has 0 radical (unpaired) electrons. The minimum absolute atomic E-state index is 0. The van der Waals surface area contributed by atoms with E-state index in [0.29, 0.717) is 6.07 Å². The normalized spacial score (nSPS) is 10.7. The van der Waals surface area contributed by atoms with E-state index in [2.05, 4.69) is 0 Å². The van der Waals surface area contributed by atoms with Crippen molar-refractivity contribution in [2.75, 3.05) is 0 Å². The van der Waals surface area contributed by atoms with Gasteiger partial charge in [0.2, 0.25) is 0 Å². The van der Waals surface area contributed by atoms with Crippen LogP contribution in [0, 0.1) is 0 Å². The van der Waals surface area contributed by atoms with Crippen LogP contribution in [0.5, 0.6) is 11.5 Å². The quantitative estimate of drug-likeness (QED) is 0.767. The molecule has 2 rings (SSSR count). The number of carboxylic acids is 1. The van der Waals surface area contributed by atoms with Crippen molar-refractivity contribution in [2.24, 2.45) is 0 Å². The number of carbonyl (C=O) groups excluding carboxylic acids is 1. The second-order valence-corrected chi connectivity index (χ2v) is 4.44. The minimum Gasteiger partial charge on any atom is -0.545 e. The SMILES string of the molecule is O=C([O-])c1ccccc1Oc1ccc(C(F)(F)F)cc1Cl.[Na+]. The van der Waals surface area contributed by atoms with E-state index in [9.17, 15) is 23.1 Å². The van der Waals surface area contributed by atoms with E-state index in [4.69, 9.17) is 16.3 Å². The van der Waals surface area contributed by atoms with E-state index < -0.39 is 17.7 Å². The van der Waals surface area contributed by atoms with Crippen molar-refractivity contribution in [1.82, 2.24) is 0 Å². The molecule has 0 aliphatic carbocycles. The zero-order chi connectivity index (χ0) is 15.6. The number of benzene rings is 2. The van der Waals surface area contributed by atoms with E-state index in [1.165, 1.54) is 24.3 Å². The van der Waals surface area contributed by atoms with Gasteiger partial charge in [0.15, 0.2) is 0 Å². The summed E-state index contributed by atoms with van der Waals surface area (Å²) < 4.78 is 42.8. The van der Waals surface area contributed by atoms with Gasteiger partial charge in [0.25, 0.3) is 0 Å². The summed E-state index contributed by atoms with van der Waals surface area (Å²) in [5, 5.41) is 10.6. The summed E-state index contributed by atoms with van der Waals surface area (Å²) >= 11 is 5.73. The fraction of sp³-hybridized carbons (Fsp3) is 0.0714. The average molecular weight is 339 g/mol. The second kappa shape index (κ2) is 7.37. The second-order valence-electron chi connectivity index (χ2n) is 4.03. The number of rotatable bonds is 3.